The average molecular weight is 434 g/mol. The molecule has 0 atom stereocenters. The molecule has 0 fully saturated rings. The molecule has 1 aromatic heterocycles. The van der Waals surface area contributed by atoms with Gasteiger partial charge in [0.15, 0.2) is 5.69 Å². The number of nitrogens with zero attached hydrogens (tertiary/aromatic N) is 3. The van der Waals surface area contributed by atoms with Gasteiger partial charge in [0, 0.05) is 10.0 Å². The zero-order valence-electron chi connectivity index (χ0n) is 16.1. The van der Waals surface area contributed by atoms with Gasteiger partial charge in [0.2, 0.25) is 0 Å². The maximum absolute atomic E-state index is 13.7. The fourth-order valence-corrected chi connectivity index (χ4v) is 3.83. The van der Waals surface area contributed by atoms with E-state index in [-0.39, 0.29) is 5.69 Å². The number of hydrogen-bond acceptors (Lipinski definition) is 1. The highest BCUT2D eigenvalue weighted by Crippen LogP contribution is 2.31. The van der Waals surface area contributed by atoms with Crippen LogP contribution in [0, 0.1) is 6.57 Å². The van der Waals surface area contributed by atoms with E-state index in [2.05, 4.69) is 4.85 Å². The van der Waals surface area contributed by atoms with Crippen molar-refractivity contribution in [1.29, 1.82) is 0 Å². The highest BCUT2D eigenvalue weighted by Gasteiger charge is 2.22. The molecule has 0 radical (unpaired) electrons. The van der Waals surface area contributed by atoms with Crippen LogP contribution in [0.3, 0.4) is 0 Å². The van der Waals surface area contributed by atoms with E-state index in [1.54, 1.807) is 45.5 Å². The van der Waals surface area contributed by atoms with Gasteiger partial charge in [-0.05, 0) is 66.6 Å². The van der Waals surface area contributed by atoms with Crippen LogP contribution in [-0.4, -0.2) is 9.13 Å². The van der Waals surface area contributed by atoms with Crippen molar-refractivity contribution in [3.8, 4) is 22.6 Å². The smallest absolute Gasteiger partial charge is 0.264 e. The van der Waals surface area contributed by atoms with E-state index in [0.717, 1.165) is 22.6 Å². The monoisotopic (exact) mass is 433 g/mol. The standard InChI is InChI=1S/C24H17Cl2N3O/c1-3-22-23(16-5-4-6-19(15-16)27-2)29(21-13-9-18(26)10-14-21)24(30)28(22)20-11-7-17(25)8-12-20/h4-15H,3H2,1H3. The topological polar surface area (TPSA) is 31.3 Å². The molecule has 4 nitrogen and oxygen atoms in total. The van der Waals surface area contributed by atoms with Gasteiger partial charge in [-0.15, -0.1) is 0 Å². The lowest BCUT2D eigenvalue weighted by Gasteiger charge is -2.11. The molecule has 0 aliphatic heterocycles. The largest absolute Gasteiger partial charge is 0.338 e. The first-order valence-corrected chi connectivity index (χ1v) is 10.2. The molecule has 148 valence electrons. The highest BCUT2D eigenvalue weighted by molar-refractivity contribution is 6.30. The minimum absolute atomic E-state index is 0.195. The summed E-state index contributed by atoms with van der Waals surface area (Å²) in [5, 5.41) is 1.20. The van der Waals surface area contributed by atoms with Crippen molar-refractivity contribution >= 4 is 28.9 Å². The minimum atomic E-state index is -0.195. The zero-order valence-corrected chi connectivity index (χ0v) is 17.7. The molecular formula is C24H17Cl2N3O. The second kappa shape index (κ2) is 8.23. The van der Waals surface area contributed by atoms with Crippen LogP contribution in [0.4, 0.5) is 5.69 Å². The predicted molar refractivity (Wildman–Crippen MR) is 122 cm³/mol. The Labute approximate surface area is 184 Å². The Balaban J connectivity index is 2.09. The molecule has 1 heterocycles. The Hall–Kier alpha value is -3.26. The Morgan fingerprint density at radius 1 is 0.867 bits per heavy atom. The second-order valence-electron chi connectivity index (χ2n) is 6.72. The SMILES string of the molecule is [C-]#[N+]c1cccc(-c2c(CC)n(-c3ccc(Cl)cc3)c(=O)n2-c2ccc(Cl)cc2)c1. The van der Waals surface area contributed by atoms with Gasteiger partial charge >= 0.3 is 5.69 Å². The molecule has 0 aliphatic rings. The van der Waals surface area contributed by atoms with Gasteiger partial charge in [-0.2, -0.15) is 0 Å². The summed E-state index contributed by atoms with van der Waals surface area (Å²) in [6.07, 6.45) is 0.621. The van der Waals surface area contributed by atoms with Crippen LogP contribution in [-0.2, 0) is 6.42 Å². The first-order valence-electron chi connectivity index (χ1n) is 9.40. The molecule has 0 saturated heterocycles. The fraction of sp³-hybridized carbons (Fsp3) is 0.0833. The molecular weight excluding hydrogens is 417 g/mol. The van der Waals surface area contributed by atoms with Crippen LogP contribution in [0.25, 0.3) is 27.5 Å². The molecule has 6 heteroatoms. The molecule has 0 spiro atoms. The normalized spacial score (nSPS) is 10.7. The summed E-state index contributed by atoms with van der Waals surface area (Å²) in [6, 6.07) is 21.6. The van der Waals surface area contributed by atoms with Crippen LogP contribution in [0.15, 0.2) is 77.6 Å². The predicted octanol–water partition coefficient (Wildman–Crippen LogP) is 6.72. The van der Waals surface area contributed by atoms with Crippen molar-refractivity contribution in [2.75, 3.05) is 0 Å². The molecule has 0 aliphatic carbocycles. The van der Waals surface area contributed by atoms with Crippen molar-refractivity contribution in [2.45, 2.75) is 13.3 Å². The molecule has 3 aromatic carbocycles. The lowest BCUT2D eigenvalue weighted by atomic mass is 10.1. The van der Waals surface area contributed by atoms with Gasteiger partial charge in [0.1, 0.15) is 0 Å². The third kappa shape index (κ3) is 3.54. The fourth-order valence-electron chi connectivity index (χ4n) is 3.58. The number of hydrogen-bond donors (Lipinski definition) is 0. The maximum atomic E-state index is 13.7. The quantitative estimate of drug-likeness (QED) is 0.328. The summed E-state index contributed by atoms with van der Waals surface area (Å²) in [7, 11) is 0. The van der Waals surface area contributed by atoms with Crippen molar-refractivity contribution < 1.29 is 0 Å². The summed E-state index contributed by atoms with van der Waals surface area (Å²) in [6.45, 7) is 9.38. The third-order valence-corrected chi connectivity index (χ3v) is 5.41. The first-order chi connectivity index (χ1) is 14.5. The van der Waals surface area contributed by atoms with Crippen molar-refractivity contribution in [2.24, 2.45) is 0 Å². The third-order valence-electron chi connectivity index (χ3n) is 4.90. The molecule has 30 heavy (non-hydrogen) atoms. The molecule has 0 unspecified atom stereocenters. The first kappa shape index (κ1) is 20.0. The zero-order chi connectivity index (χ0) is 21.3. The summed E-state index contributed by atoms with van der Waals surface area (Å²) >= 11 is 12.1. The Morgan fingerprint density at radius 3 is 1.97 bits per heavy atom. The number of halogens is 2. The molecule has 0 bridgehead atoms. The lowest BCUT2D eigenvalue weighted by molar-refractivity contribution is 0.873. The van der Waals surface area contributed by atoms with E-state index in [4.69, 9.17) is 29.8 Å². The van der Waals surface area contributed by atoms with Gasteiger partial charge in [-0.3, -0.25) is 9.13 Å². The summed E-state index contributed by atoms with van der Waals surface area (Å²) in [5.74, 6) is 0. The highest BCUT2D eigenvalue weighted by atomic mass is 35.5. The summed E-state index contributed by atoms with van der Waals surface area (Å²) < 4.78 is 3.37. The van der Waals surface area contributed by atoms with Crippen molar-refractivity contribution in [1.82, 2.24) is 9.13 Å². The van der Waals surface area contributed by atoms with Gasteiger partial charge < -0.3 is 0 Å². The number of benzene rings is 3. The number of imidazole rings is 1. The van der Waals surface area contributed by atoms with E-state index in [0.29, 0.717) is 27.8 Å². The van der Waals surface area contributed by atoms with Gasteiger partial charge in [-0.1, -0.05) is 48.3 Å². The van der Waals surface area contributed by atoms with Crippen molar-refractivity contribution in [3.63, 3.8) is 0 Å². The van der Waals surface area contributed by atoms with Gasteiger partial charge in [-0.25, -0.2) is 9.64 Å². The van der Waals surface area contributed by atoms with E-state index < -0.39 is 0 Å². The Morgan fingerprint density at radius 2 is 1.43 bits per heavy atom. The van der Waals surface area contributed by atoms with Crippen molar-refractivity contribution in [3.05, 3.63) is 110 Å². The maximum Gasteiger partial charge on any atom is 0.338 e. The van der Waals surface area contributed by atoms with Gasteiger partial charge in [0.05, 0.1) is 29.3 Å². The molecule has 0 N–H and O–H groups in total. The van der Waals surface area contributed by atoms with E-state index in [1.165, 1.54) is 0 Å². The van der Waals surface area contributed by atoms with Gasteiger partial charge in [0.25, 0.3) is 0 Å². The lowest BCUT2D eigenvalue weighted by Crippen LogP contribution is -2.23. The average Bonchev–Trinajstić information content (AvgIpc) is 3.07. The minimum Gasteiger partial charge on any atom is -0.264 e. The van der Waals surface area contributed by atoms with Crippen LogP contribution < -0.4 is 5.69 Å². The molecule has 4 aromatic rings. The Kier molecular flexibility index (Phi) is 5.50. The number of aromatic nitrogens is 2. The second-order valence-corrected chi connectivity index (χ2v) is 7.59. The molecule has 4 rings (SSSR count). The number of rotatable bonds is 4. The van der Waals surface area contributed by atoms with E-state index >= 15 is 0 Å². The summed E-state index contributed by atoms with van der Waals surface area (Å²) in [5.41, 5.74) is 4.17. The van der Waals surface area contributed by atoms with Crippen LogP contribution >= 0.6 is 23.2 Å². The van der Waals surface area contributed by atoms with E-state index in [9.17, 15) is 4.79 Å². The van der Waals surface area contributed by atoms with Crippen LogP contribution in [0.5, 0.6) is 0 Å². The van der Waals surface area contributed by atoms with E-state index in [1.807, 2.05) is 43.3 Å². The van der Waals surface area contributed by atoms with Crippen LogP contribution in [0.2, 0.25) is 10.0 Å². The van der Waals surface area contributed by atoms with Crippen LogP contribution in [0.1, 0.15) is 12.6 Å². The molecule has 0 amide bonds. The Bertz CT molecular complexity index is 1310. The summed E-state index contributed by atoms with van der Waals surface area (Å²) in [4.78, 5) is 17.2. The molecule has 0 saturated carbocycles.